The van der Waals surface area contributed by atoms with Crippen molar-refractivity contribution >= 4 is 5.91 Å². The number of aromatic nitrogens is 1. The summed E-state index contributed by atoms with van der Waals surface area (Å²) in [5.74, 6) is -0.521. The van der Waals surface area contributed by atoms with Crippen LogP contribution in [0.2, 0.25) is 0 Å². The summed E-state index contributed by atoms with van der Waals surface area (Å²) in [7, 11) is 0. The molecule has 1 aliphatic rings. The van der Waals surface area contributed by atoms with E-state index in [0.29, 0.717) is 22.8 Å². The van der Waals surface area contributed by atoms with Gasteiger partial charge in [0.05, 0.1) is 12.1 Å². The number of ether oxygens (including phenoxy) is 2. The minimum atomic E-state index is -0.753. The van der Waals surface area contributed by atoms with E-state index in [4.69, 9.17) is 14.0 Å². The second kappa shape index (κ2) is 6.47. The summed E-state index contributed by atoms with van der Waals surface area (Å²) in [5.41, 5.74) is 0.896. The van der Waals surface area contributed by atoms with Crippen LogP contribution in [0.5, 0.6) is 11.5 Å². The van der Waals surface area contributed by atoms with Crippen LogP contribution < -0.4 is 14.8 Å². The molecule has 1 aliphatic heterocycles. The Balaban J connectivity index is 1.44. The predicted molar refractivity (Wildman–Crippen MR) is 85.6 cm³/mol. The summed E-state index contributed by atoms with van der Waals surface area (Å²) < 4.78 is 42.2. The maximum Gasteiger partial charge on any atom is 0.251 e. The molecule has 0 fully saturated rings. The number of fused-ring (bicyclic) bond motifs is 1. The van der Waals surface area contributed by atoms with Crippen LogP contribution in [-0.2, 0) is 6.54 Å². The average Bonchev–Trinajstić information content (AvgIpc) is 3.28. The van der Waals surface area contributed by atoms with Gasteiger partial charge in [-0.3, -0.25) is 4.79 Å². The van der Waals surface area contributed by atoms with Gasteiger partial charge in [0.1, 0.15) is 17.3 Å². The molecule has 2 heterocycles. The molecule has 4 rings (SSSR count). The molecular weight excluding hydrogens is 346 g/mol. The number of carbonyl (C=O) groups is 1. The molecule has 6 nitrogen and oxygen atoms in total. The third kappa shape index (κ3) is 3.08. The molecule has 2 aromatic carbocycles. The number of hydrogen-bond acceptors (Lipinski definition) is 5. The first-order valence-corrected chi connectivity index (χ1v) is 7.69. The molecular formula is C18H12F2N2O4. The molecule has 0 aliphatic carbocycles. The fourth-order valence-electron chi connectivity index (χ4n) is 2.52. The number of nitrogens with zero attached hydrogens (tertiary/aromatic N) is 1. The second-order valence-electron chi connectivity index (χ2n) is 5.56. The van der Waals surface area contributed by atoms with Gasteiger partial charge in [-0.2, -0.15) is 0 Å². The van der Waals surface area contributed by atoms with Crippen molar-refractivity contribution in [2.75, 3.05) is 6.79 Å². The molecule has 0 saturated carbocycles. The molecule has 1 amide bonds. The standard InChI is InChI=1S/C18H12F2N2O4/c19-11-2-3-13(14(20)6-11)16-7-12(22-26-16)8-21-18(23)10-1-4-15-17(5-10)25-9-24-15/h1-7H,8-9H2,(H,21,23). The van der Waals surface area contributed by atoms with Gasteiger partial charge in [-0.1, -0.05) is 5.16 Å². The number of hydrogen-bond donors (Lipinski definition) is 1. The van der Waals surface area contributed by atoms with E-state index in [1.165, 1.54) is 12.1 Å². The number of benzene rings is 2. The van der Waals surface area contributed by atoms with Crippen LogP contribution >= 0.6 is 0 Å². The van der Waals surface area contributed by atoms with E-state index in [2.05, 4.69) is 10.5 Å². The van der Waals surface area contributed by atoms with Crippen LogP contribution in [0.15, 0.2) is 47.0 Å². The Bertz CT molecular complexity index is 987. The van der Waals surface area contributed by atoms with E-state index in [-0.39, 0.29) is 30.6 Å². The van der Waals surface area contributed by atoms with Gasteiger partial charge in [0.15, 0.2) is 17.3 Å². The van der Waals surface area contributed by atoms with Gasteiger partial charge in [-0.15, -0.1) is 0 Å². The summed E-state index contributed by atoms with van der Waals surface area (Å²) in [6.07, 6.45) is 0. The third-order valence-electron chi connectivity index (χ3n) is 3.82. The molecule has 0 bridgehead atoms. The van der Waals surface area contributed by atoms with Gasteiger partial charge >= 0.3 is 0 Å². The van der Waals surface area contributed by atoms with Gasteiger partial charge in [-0.25, -0.2) is 8.78 Å². The van der Waals surface area contributed by atoms with Crippen LogP contribution in [0.25, 0.3) is 11.3 Å². The highest BCUT2D eigenvalue weighted by atomic mass is 19.1. The summed E-state index contributed by atoms with van der Waals surface area (Å²) in [6.45, 7) is 0.210. The number of nitrogens with one attached hydrogen (secondary N) is 1. The Morgan fingerprint density at radius 3 is 2.77 bits per heavy atom. The summed E-state index contributed by atoms with van der Waals surface area (Å²) in [5, 5.41) is 6.47. The predicted octanol–water partition coefficient (Wildman–Crippen LogP) is 3.28. The van der Waals surface area contributed by atoms with Gasteiger partial charge in [0.2, 0.25) is 6.79 Å². The first-order chi connectivity index (χ1) is 12.6. The Hall–Kier alpha value is -3.42. The van der Waals surface area contributed by atoms with Crippen LogP contribution in [0, 0.1) is 11.6 Å². The molecule has 0 atom stereocenters. The molecule has 132 valence electrons. The van der Waals surface area contributed by atoms with Crippen molar-refractivity contribution in [3.05, 3.63) is 65.4 Å². The molecule has 0 radical (unpaired) electrons. The lowest BCUT2D eigenvalue weighted by Gasteiger charge is -2.04. The lowest BCUT2D eigenvalue weighted by Crippen LogP contribution is -2.22. The first kappa shape index (κ1) is 16.1. The first-order valence-electron chi connectivity index (χ1n) is 7.69. The summed E-state index contributed by atoms with van der Waals surface area (Å²) in [6, 6.07) is 9.49. The lowest BCUT2D eigenvalue weighted by atomic mass is 10.1. The summed E-state index contributed by atoms with van der Waals surface area (Å²) >= 11 is 0. The van der Waals surface area contributed by atoms with E-state index in [0.717, 1.165) is 12.1 Å². The van der Waals surface area contributed by atoms with Crippen molar-refractivity contribution in [3.8, 4) is 22.8 Å². The van der Waals surface area contributed by atoms with Crippen molar-refractivity contribution < 1.29 is 27.6 Å². The van der Waals surface area contributed by atoms with Crippen molar-refractivity contribution in [1.82, 2.24) is 10.5 Å². The van der Waals surface area contributed by atoms with Crippen molar-refractivity contribution in [2.24, 2.45) is 0 Å². The van der Waals surface area contributed by atoms with Crippen LogP contribution in [-0.4, -0.2) is 17.9 Å². The number of halogens is 2. The van der Waals surface area contributed by atoms with Crippen molar-refractivity contribution in [2.45, 2.75) is 6.54 Å². The molecule has 26 heavy (non-hydrogen) atoms. The highest BCUT2D eigenvalue weighted by Crippen LogP contribution is 2.32. The van der Waals surface area contributed by atoms with Crippen molar-refractivity contribution in [1.29, 1.82) is 0 Å². The smallest absolute Gasteiger partial charge is 0.251 e. The third-order valence-corrected chi connectivity index (χ3v) is 3.82. The zero-order valence-corrected chi connectivity index (χ0v) is 13.3. The quantitative estimate of drug-likeness (QED) is 0.775. The molecule has 3 aromatic rings. The fourth-order valence-corrected chi connectivity index (χ4v) is 2.52. The maximum absolute atomic E-state index is 13.8. The fraction of sp³-hybridized carbons (Fsp3) is 0.111. The van der Waals surface area contributed by atoms with Gasteiger partial charge < -0.3 is 19.3 Å². The normalized spacial score (nSPS) is 12.2. The zero-order chi connectivity index (χ0) is 18.1. The number of rotatable bonds is 4. The van der Waals surface area contributed by atoms with Crippen LogP contribution in [0.1, 0.15) is 16.1 Å². The second-order valence-corrected chi connectivity index (χ2v) is 5.56. The Labute approximate surface area is 146 Å². The summed E-state index contributed by atoms with van der Waals surface area (Å²) in [4.78, 5) is 12.2. The largest absolute Gasteiger partial charge is 0.454 e. The highest BCUT2D eigenvalue weighted by molar-refractivity contribution is 5.94. The van der Waals surface area contributed by atoms with E-state index in [1.54, 1.807) is 18.2 Å². The Kier molecular flexibility index (Phi) is 4.00. The molecule has 1 N–H and O–H groups in total. The minimum Gasteiger partial charge on any atom is -0.454 e. The van der Waals surface area contributed by atoms with Crippen LogP contribution in [0.4, 0.5) is 8.78 Å². The average molecular weight is 358 g/mol. The SMILES string of the molecule is O=C(NCc1cc(-c2ccc(F)cc2F)on1)c1ccc2c(c1)OCO2. The number of carbonyl (C=O) groups excluding carboxylic acids is 1. The van der Waals surface area contributed by atoms with Crippen molar-refractivity contribution in [3.63, 3.8) is 0 Å². The monoisotopic (exact) mass is 358 g/mol. The topological polar surface area (TPSA) is 73.6 Å². The highest BCUT2D eigenvalue weighted by Gasteiger charge is 2.17. The zero-order valence-electron chi connectivity index (χ0n) is 13.3. The molecule has 8 heteroatoms. The van der Waals surface area contributed by atoms with Gasteiger partial charge in [-0.05, 0) is 30.3 Å². The Morgan fingerprint density at radius 1 is 1.08 bits per heavy atom. The van der Waals surface area contributed by atoms with E-state index in [1.807, 2.05) is 0 Å². The van der Waals surface area contributed by atoms with Crippen LogP contribution in [0.3, 0.4) is 0 Å². The molecule has 0 spiro atoms. The molecule has 0 unspecified atom stereocenters. The lowest BCUT2D eigenvalue weighted by molar-refractivity contribution is 0.0949. The molecule has 1 aromatic heterocycles. The number of amides is 1. The minimum absolute atomic E-state index is 0.0829. The molecule has 0 saturated heterocycles. The van der Waals surface area contributed by atoms with Gasteiger partial charge in [0.25, 0.3) is 5.91 Å². The Morgan fingerprint density at radius 2 is 1.92 bits per heavy atom. The van der Waals surface area contributed by atoms with Gasteiger partial charge in [0, 0.05) is 17.7 Å². The maximum atomic E-state index is 13.8. The van der Waals surface area contributed by atoms with E-state index < -0.39 is 11.6 Å². The van der Waals surface area contributed by atoms with E-state index in [9.17, 15) is 13.6 Å². The van der Waals surface area contributed by atoms with E-state index >= 15 is 0 Å².